The standard InChI is InChI=1S/C16H21ClO3/c1-6-19-16(18)12(5)9-20-15-7-11(4)14(17)8-13(15)10(2)3/h7-8,10H,5-6,9H2,1-4H3. The molecule has 0 aliphatic heterocycles. The third-order valence-electron chi connectivity index (χ3n) is 2.88. The van der Waals surface area contributed by atoms with Crippen molar-refractivity contribution in [3.05, 3.63) is 40.4 Å². The van der Waals surface area contributed by atoms with Gasteiger partial charge in [-0.15, -0.1) is 0 Å². The van der Waals surface area contributed by atoms with E-state index in [2.05, 4.69) is 20.4 Å². The average Bonchev–Trinajstić information content (AvgIpc) is 2.39. The minimum Gasteiger partial charge on any atom is -0.488 e. The highest BCUT2D eigenvalue weighted by atomic mass is 35.5. The summed E-state index contributed by atoms with van der Waals surface area (Å²) >= 11 is 6.14. The summed E-state index contributed by atoms with van der Waals surface area (Å²) in [5.41, 5.74) is 2.25. The number of rotatable bonds is 6. The summed E-state index contributed by atoms with van der Waals surface area (Å²) in [5.74, 6) is 0.579. The van der Waals surface area contributed by atoms with E-state index in [1.165, 1.54) is 0 Å². The lowest BCUT2D eigenvalue weighted by molar-refractivity contribution is -0.138. The predicted molar refractivity (Wildman–Crippen MR) is 81.5 cm³/mol. The van der Waals surface area contributed by atoms with Gasteiger partial charge in [-0.25, -0.2) is 4.79 Å². The lowest BCUT2D eigenvalue weighted by Crippen LogP contribution is -2.14. The van der Waals surface area contributed by atoms with E-state index in [9.17, 15) is 4.79 Å². The Balaban J connectivity index is 2.84. The molecule has 1 aromatic carbocycles. The van der Waals surface area contributed by atoms with Crippen LogP contribution in [-0.2, 0) is 9.53 Å². The molecule has 1 aromatic rings. The zero-order chi connectivity index (χ0) is 15.3. The van der Waals surface area contributed by atoms with Gasteiger partial charge >= 0.3 is 5.97 Å². The van der Waals surface area contributed by atoms with E-state index in [0.717, 1.165) is 16.9 Å². The molecule has 0 spiro atoms. The molecule has 3 nitrogen and oxygen atoms in total. The molecule has 0 N–H and O–H groups in total. The van der Waals surface area contributed by atoms with Crippen molar-refractivity contribution in [1.82, 2.24) is 0 Å². The average molecular weight is 297 g/mol. The number of aryl methyl sites for hydroxylation is 1. The first kappa shape index (κ1) is 16.6. The maximum absolute atomic E-state index is 11.5. The largest absolute Gasteiger partial charge is 0.488 e. The fraction of sp³-hybridized carbons (Fsp3) is 0.438. The summed E-state index contributed by atoms with van der Waals surface area (Å²) in [5, 5.41) is 0.713. The van der Waals surface area contributed by atoms with E-state index >= 15 is 0 Å². The van der Waals surface area contributed by atoms with Crippen LogP contribution in [0.15, 0.2) is 24.3 Å². The van der Waals surface area contributed by atoms with Gasteiger partial charge in [0.1, 0.15) is 12.4 Å². The van der Waals surface area contributed by atoms with Crippen molar-refractivity contribution in [1.29, 1.82) is 0 Å². The van der Waals surface area contributed by atoms with Gasteiger partial charge in [-0.3, -0.25) is 0 Å². The molecule has 20 heavy (non-hydrogen) atoms. The molecular weight excluding hydrogens is 276 g/mol. The molecule has 0 saturated heterocycles. The van der Waals surface area contributed by atoms with Crippen LogP contribution < -0.4 is 4.74 Å². The summed E-state index contributed by atoms with van der Waals surface area (Å²) in [6.45, 7) is 11.9. The van der Waals surface area contributed by atoms with Gasteiger partial charge < -0.3 is 9.47 Å². The normalized spacial score (nSPS) is 10.5. The van der Waals surface area contributed by atoms with Gasteiger partial charge in [0.05, 0.1) is 12.2 Å². The Morgan fingerprint density at radius 3 is 2.60 bits per heavy atom. The highest BCUT2D eigenvalue weighted by molar-refractivity contribution is 6.31. The number of esters is 1. The molecule has 4 heteroatoms. The smallest absolute Gasteiger partial charge is 0.336 e. The van der Waals surface area contributed by atoms with Gasteiger partial charge in [-0.05, 0) is 43.0 Å². The molecule has 0 radical (unpaired) electrons. The number of ether oxygens (including phenoxy) is 2. The lowest BCUT2D eigenvalue weighted by Gasteiger charge is -2.16. The zero-order valence-electron chi connectivity index (χ0n) is 12.5. The van der Waals surface area contributed by atoms with Crippen molar-refractivity contribution in [3.8, 4) is 5.75 Å². The van der Waals surface area contributed by atoms with E-state index in [4.69, 9.17) is 21.1 Å². The molecule has 1 rings (SSSR count). The van der Waals surface area contributed by atoms with E-state index in [-0.39, 0.29) is 12.5 Å². The van der Waals surface area contributed by atoms with Crippen LogP contribution in [-0.4, -0.2) is 19.2 Å². The summed E-state index contributed by atoms with van der Waals surface area (Å²) in [4.78, 5) is 11.5. The quantitative estimate of drug-likeness (QED) is 0.581. The van der Waals surface area contributed by atoms with Crippen LogP contribution in [0.5, 0.6) is 5.75 Å². The van der Waals surface area contributed by atoms with Crippen molar-refractivity contribution >= 4 is 17.6 Å². The summed E-state index contributed by atoms with van der Waals surface area (Å²) in [6, 6.07) is 3.79. The van der Waals surface area contributed by atoms with Crippen molar-refractivity contribution in [2.45, 2.75) is 33.6 Å². The van der Waals surface area contributed by atoms with E-state index < -0.39 is 5.97 Å². The molecule has 0 atom stereocenters. The van der Waals surface area contributed by atoms with E-state index in [1.807, 2.05) is 19.1 Å². The number of halogens is 1. The Hall–Kier alpha value is -1.48. The second-order valence-corrected chi connectivity index (χ2v) is 5.31. The van der Waals surface area contributed by atoms with E-state index in [0.29, 0.717) is 17.2 Å². The van der Waals surface area contributed by atoms with Crippen LogP contribution in [0.4, 0.5) is 0 Å². The SMILES string of the molecule is C=C(COc1cc(C)c(Cl)cc1C(C)C)C(=O)OCC. The third-order valence-corrected chi connectivity index (χ3v) is 3.29. The van der Waals surface area contributed by atoms with E-state index in [1.54, 1.807) is 6.92 Å². The molecule has 110 valence electrons. The monoisotopic (exact) mass is 296 g/mol. The van der Waals surface area contributed by atoms with Crippen molar-refractivity contribution in [2.24, 2.45) is 0 Å². The summed E-state index contributed by atoms with van der Waals surface area (Å²) in [6.07, 6.45) is 0. The molecule has 0 aromatic heterocycles. The number of carbonyl (C=O) groups is 1. The maximum Gasteiger partial charge on any atom is 0.336 e. The Bertz CT molecular complexity index is 507. The number of benzene rings is 1. The maximum atomic E-state index is 11.5. The number of hydrogen-bond acceptors (Lipinski definition) is 3. The molecule has 0 aliphatic rings. The van der Waals surface area contributed by atoms with Crippen LogP contribution in [0.2, 0.25) is 5.02 Å². The summed E-state index contributed by atoms with van der Waals surface area (Å²) < 4.78 is 10.6. The first-order chi connectivity index (χ1) is 9.36. The Morgan fingerprint density at radius 1 is 1.40 bits per heavy atom. The van der Waals surface area contributed by atoms with Crippen molar-refractivity contribution < 1.29 is 14.3 Å². The van der Waals surface area contributed by atoms with Gasteiger partial charge in [-0.1, -0.05) is 32.0 Å². The van der Waals surface area contributed by atoms with Crippen LogP contribution >= 0.6 is 11.6 Å². The highest BCUT2D eigenvalue weighted by Gasteiger charge is 2.13. The molecular formula is C16H21ClO3. The van der Waals surface area contributed by atoms with Gasteiger partial charge in [-0.2, -0.15) is 0 Å². The molecule has 0 aliphatic carbocycles. The van der Waals surface area contributed by atoms with Crippen molar-refractivity contribution in [3.63, 3.8) is 0 Å². The minimum absolute atomic E-state index is 0.111. The second-order valence-electron chi connectivity index (χ2n) is 4.91. The Kier molecular flexibility index (Phi) is 6.08. The summed E-state index contributed by atoms with van der Waals surface area (Å²) in [7, 11) is 0. The topological polar surface area (TPSA) is 35.5 Å². The zero-order valence-corrected chi connectivity index (χ0v) is 13.2. The van der Waals surface area contributed by atoms with Gasteiger partial charge in [0.25, 0.3) is 0 Å². The molecule has 0 unspecified atom stereocenters. The molecule has 0 amide bonds. The first-order valence-electron chi connectivity index (χ1n) is 6.64. The van der Waals surface area contributed by atoms with Gasteiger partial charge in [0.2, 0.25) is 0 Å². The van der Waals surface area contributed by atoms with Crippen molar-refractivity contribution in [2.75, 3.05) is 13.2 Å². The highest BCUT2D eigenvalue weighted by Crippen LogP contribution is 2.32. The van der Waals surface area contributed by atoms with Crippen LogP contribution in [0.1, 0.15) is 37.8 Å². The molecule has 0 saturated carbocycles. The molecule has 0 fully saturated rings. The van der Waals surface area contributed by atoms with Crippen LogP contribution in [0.3, 0.4) is 0 Å². The fourth-order valence-electron chi connectivity index (χ4n) is 1.70. The Labute approximate surface area is 125 Å². The predicted octanol–water partition coefficient (Wildman–Crippen LogP) is 4.27. The fourth-order valence-corrected chi connectivity index (χ4v) is 1.88. The lowest BCUT2D eigenvalue weighted by atomic mass is 10.0. The van der Waals surface area contributed by atoms with Gasteiger partial charge in [0, 0.05) is 5.02 Å². The van der Waals surface area contributed by atoms with Crippen LogP contribution in [0, 0.1) is 6.92 Å². The molecule has 0 heterocycles. The molecule has 0 bridgehead atoms. The second kappa shape index (κ2) is 7.34. The van der Waals surface area contributed by atoms with Crippen LogP contribution in [0.25, 0.3) is 0 Å². The minimum atomic E-state index is -0.427. The first-order valence-corrected chi connectivity index (χ1v) is 7.02. The number of carbonyl (C=O) groups excluding carboxylic acids is 1. The Morgan fingerprint density at radius 2 is 2.05 bits per heavy atom. The number of hydrogen-bond donors (Lipinski definition) is 0. The van der Waals surface area contributed by atoms with Gasteiger partial charge in [0.15, 0.2) is 0 Å². The third kappa shape index (κ3) is 4.27.